The minimum absolute atomic E-state index is 0.340. The fourth-order valence-corrected chi connectivity index (χ4v) is 3.21. The van der Waals surface area contributed by atoms with E-state index in [9.17, 15) is 0 Å². The molecule has 1 aliphatic heterocycles. The lowest BCUT2D eigenvalue weighted by molar-refractivity contribution is -0.0271. The van der Waals surface area contributed by atoms with E-state index in [2.05, 4.69) is 53.8 Å². The van der Waals surface area contributed by atoms with Gasteiger partial charge in [0.25, 0.3) is 0 Å². The van der Waals surface area contributed by atoms with Gasteiger partial charge in [0.2, 0.25) is 0 Å². The van der Waals surface area contributed by atoms with Crippen molar-refractivity contribution in [2.75, 3.05) is 0 Å². The van der Waals surface area contributed by atoms with E-state index in [1.165, 1.54) is 12.8 Å². The first-order valence-electron chi connectivity index (χ1n) is 6.54. The summed E-state index contributed by atoms with van der Waals surface area (Å²) in [4.78, 5) is 0. The molecule has 0 aromatic rings. The van der Waals surface area contributed by atoms with Crippen molar-refractivity contribution in [2.24, 2.45) is 17.3 Å². The minimum atomic E-state index is 0.340. The van der Waals surface area contributed by atoms with E-state index >= 15 is 0 Å². The Bertz CT molecular complexity index is 217. The Morgan fingerprint density at radius 3 is 2.13 bits per heavy atom. The van der Waals surface area contributed by atoms with Crippen LogP contribution in [0.25, 0.3) is 0 Å². The summed E-state index contributed by atoms with van der Waals surface area (Å²) in [5.41, 5.74) is 0.810. The van der Waals surface area contributed by atoms with Crippen LogP contribution in [-0.4, -0.2) is 11.6 Å². The molecule has 0 aromatic heterocycles. The molecular weight excluding hydrogens is 182 g/mol. The standard InChI is InChI=1S/C14H29N/c1-8-11-12(14(6,7)15-11)10(3)13(4,5)9-2/h10-12,15H,8-9H2,1-7H3. The average Bonchev–Trinajstić information content (AvgIpc) is 2.14. The highest BCUT2D eigenvalue weighted by atomic mass is 15.1. The third kappa shape index (κ3) is 2.22. The molecule has 0 bridgehead atoms. The van der Waals surface area contributed by atoms with Gasteiger partial charge in [-0.15, -0.1) is 0 Å². The van der Waals surface area contributed by atoms with Crippen LogP contribution in [0.1, 0.15) is 61.3 Å². The maximum Gasteiger partial charge on any atom is 0.0173 e. The third-order valence-electron chi connectivity index (χ3n) is 4.95. The van der Waals surface area contributed by atoms with Crippen LogP contribution >= 0.6 is 0 Å². The van der Waals surface area contributed by atoms with Gasteiger partial charge in [0.15, 0.2) is 0 Å². The summed E-state index contributed by atoms with van der Waals surface area (Å²) in [7, 11) is 0. The van der Waals surface area contributed by atoms with E-state index in [1.54, 1.807) is 0 Å². The second kappa shape index (κ2) is 4.08. The summed E-state index contributed by atoms with van der Waals surface area (Å²) in [5.74, 6) is 1.63. The summed E-state index contributed by atoms with van der Waals surface area (Å²) < 4.78 is 0. The lowest BCUT2D eigenvalue weighted by atomic mass is 9.58. The molecule has 0 radical (unpaired) electrons. The van der Waals surface area contributed by atoms with Gasteiger partial charge in [-0.2, -0.15) is 0 Å². The van der Waals surface area contributed by atoms with E-state index in [0.717, 1.165) is 17.9 Å². The third-order valence-corrected chi connectivity index (χ3v) is 4.95. The predicted molar refractivity (Wildman–Crippen MR) is 68.0 cm³/mol. The van der Waals surface area contributed by atoms with Crippen LogP contribution in [0.15, 0.2) is 0 Å². The minimum Gasteiger partial charge on any atom is -0.308 e. The van der Waals surface area contributed by atoms with Crippen LogP contribution in [0.2, 0.25) is 0 Å². The number of hydrogen-bond donors (Lipinski definition) is 1. The molecule has 0 saturated carbocycles. The molecule has 90 valence electrons. The van der Waals surface area contributed by atoms with E-state index in [4.69, 9.17) is 0 Å². The molecule has 15 heavy (non-hydrogen) atoms. The first-order valence-corrected chi connectivity index (χ1v) is 6.54. The molecule has 1 rings (SSSR count). The zero-order valence-electron chi connectivity index (χ0n) is 11.6. The summed E-state index contributed by atoms with van der Waals surface area (Å²) in [6.07, 6.45) is 2.54. The smallest absolute Gasteiger partial charge is 0.0173 e. The molecule has 0 aromatic carbocycles. The number of nitrogens with one attached hydrogen (secondary N) is 1. The molecule has 1 heterocycles. The van der Waals surface area contributed by atoms with Gasteiger partial charge in [0, 0.05) is 11.6 Å². The van der Waals surface area contributed by atoms with Crippen molar-refractivity contribution in [2.45, 2.75) is 72.9 Å². The van der Waals surface area contributed by atoms with Crippen molar-refractivity contribution in [1.29, 1.82) is 0 Å². The van der Waals surface area contributed by atoms with Crippen LogP contribution in [0, 0.1) is 17.3 Å². The zero-order chi connectivity index (χ0) is 11.9. The SMILES string of the molecule is CCC1NC(C)(C)C1C(C)C(C)(C)CC. The van der Waals surface area contributed by atoms with Crippen LogP contribution < -0.4 is 5.32 Å². The quantitative estimate of drug-likeness (QED) is 0.745. The van der Waals surface area contributed by atoms with Crippen molar-refractivity contribution in [3.63, 3.8) is 0 Å². The van der Waals surface area contributed by atoms with Crippen LogP contribution in [0.3, 0.4) is 0 Å². The summed E-state index contributed by atoms with van der Waals surface area (Å²) in [6.45, 7) is 16.6. The van der Waals surface area contributed by atoms with Gasteiger partial charge >= 0.3 is 0 Å². The number of hydrogen-bond acceptors (Lipinski definition) is 1. The summed E-state index contributed by atoms with van der Waals surface area (Å²) in [5, 5.41) is 3.70. The molecule has 1 aliphatic rings. The van der Waals surface area contributed by atoms with Gasteiger partial charge in [0.1, 0.15) is 0 Å². The van der Waals surface area contributed by atoms with Crippen molar-refractivity contribution in [3.05, 3.63) is 0 Å². The highest BCUT2D eigenvalue weighted by molar-refractivity contribution is 5.07. The molecule has 1 fully saturated rings. The second-order valence-electron chi connectivity index (χ2n) is 6.54. The second-order valence-corrected chi connectivity index (χ2v) is 6.54. The Morgan fingerprint density at radius 1 is 1.27 bits per heavy atom. The lowest BCUT2D eigenvalue weighted by Crippen LogP contribution is -2.71. The maximum absolute atomic E-state index is 3.70. The summed E-state index contributed by atoms with van der Waals surface area (Å²) >= 11 is 0. The van der Waals surface area contributed by atoms with Gasteiger partial charge < -0.3 is 5.32 Å². The van der Waals surface area contributed by atoms with Crippen LogP contribution in [0.4, 0.5) is 0 Å². The molecule has 0 spiro atoms. The first kappa shape index (κ1) is 13.0. The Balaban J connectivity index is 2.77. The Kier molecular flexibility index (Phi) is 3.55. The molecule has 0 aliphatic carbocycles. The Morgan fingerprint density at radius 2 is 1.80 bits per heavy atom. The van der Waals surface area contributed by atoms with Gasteiger partial charge in [-0.1, -0.05) is 41.0 Å². The lowest BCUT2D eigenvalue weighted by Gasteiger charge is -2.58. The molecule has 1 heteroatoms. The normalized spacial score (nSPS) is 32.2. The molecule has 1 nitrogen and oxygen atoms in total. The monoisotopic (exact) mass is 211 g/mol. The first-order chi connectivity index (χ1) is 6.76. The van der Waals surface area contributed by atoms with Crippen molar-refractivity contribution < 1.29 is 0 Å². The highest BCUT2D eigenvalue weighted by Crippen LogP contribution is 2.46. The van der Waals surface area contributed by atoms with Gasteiger partial charge in [-0.05, 0) is 37.5 Å². The fourth-order valence-electron chi connectivity index (χ4n) is 3.21. The Hall–Kier alpha value is -0.0400. The predicted octanol–water partition coefficient (Wildman–Crippen LogP) is 3.84. The summed E-state index contributed by atoms with van der Waals surface area (Å²) in [6, 6.07) is 0.737. The molecule has 0 amide bonds. The van der Waals surface area contributed by atoms with Gasteiger partial charge in [0.05, 0.1) is 0 Å². The van der Waals surface area contributed by atoms with Crippen molar-refractivity contribution in [3.8, 4) is 0 Å². The molecule has 1 N–H and O–H groups in total. The topological polar surface area (TPSA) is 12.0 Å². The van der Waals surface area contributed by atoms with Crippen LogP contribution in [-0.2, 0) is 0 Å². The zero-order valence-corrected chi connectivity index (χ0v) is 11.6. The highest BCUT2D eigenvalue weighted by Gasteiger charge is 2.51. The van der Waals surface area contributed by atoms with Crippen molar-refractivity contribution in [1.82, 2.24) is 5.32 Å². The maximum atomic E-state index is 3.70. The van der Waals surface area contributed by atoms with E-state index in [0.29, 0.717) is 11.0 Å². The number of rotatable bonds is 4. The largest absolute Gasteiger partial charge is 0.308 e. The van der Waals surface area contributed by atoms with Crippen molar-refractivity contribution >= 4 is 0 Å². The average molecular weight is 211 g/mol. The molecule has 1 saturated heterocycles. The Labute approximate surface area is 96.0 Å². The molecular formula is C14H29N. The van der Waals surface area contributed by atoms with E-state index < -0.39 is 0 Å². The van der Waals surface area contributed by atoms with Gasteiger partial charge in [-0.25, -0.2) is 0 Å². The van der Waals surface area contributed by atoms with Gasteiger partial charge in [-0.3, -0.25) is 0 Å². The molecule has 3 unspecified atom stereocenters. The fraction of sp³-hybridized carbons (Fsp3) is 1.00. The van der Waals surface area contributed by atoms with E-state index in [1.807, 2.05) is 0 Å². The van der Waals surface area contributed by atoms with E-state index in [-0.39, 0.29) is 0 Å². The molecule has 3 atom stereocenters. The van der Waals surface area contributed by atoms with Crippen LogP contribution in [0.5, 0.6) is 0 Å².